The maximum absolute atomic E-state index is 11.6. The van der Waals surface area contributed by atoms with E-state index in [1.54, 1.807) is 7.05 Å². The Balaban J connectivity index is 3.23. The molecule has 0 saturated heterocycles. The highest BCUT2D eigenvalue weighted by atomic mass is 16.2. The average Bonchev–Trinajstić information content (AvgIpc) is 2.14. The van der Waals surface area contributed by atoms with E-state index in [0.717, 1.165) is 12.8 Å². The molecule has 0 saturated carbocycles. The third-order valence-corrected chi connectivity index (χ3v) is 2.18. The first-order chi connectivity index (χ1) is 6.57. The quantitative estimate of drug-likeness (QED) is 0.737. The van der Waals surface area contributed by atoms with Gasteiger partial charge in [0, 0.05) is 19.7 Å². The van der Waals surface area contributed by atoms with Crippen LogP contribution in [-0.4, -0.2) is 9.13 Å². The fourth-order valence-electron chi connectivity index (χ4n) is 1.21. The van der Waals surface area contributed by atoms with Gasteiger partial charge in [0.1, 0.15) is 5.82 Å². The molecule has 1 heterocycles. The van der Waals surface area contributed by atoms with E-state index in [0.29, 0.717) is 6.54 Å². The molecule has 14 heavy (non-hydrogen) atoms. The first-order valence-corrected chi connectivity index (χ1v) is 4.64. The van der Waals surface area contributed by atoms with Gasteiger partial charge >= 0.3 is 5.69 Å². The Kier molecular flexibility index (Phi) is 3.11. The Morgan fingerprint density at radius 3 is 2.64 bits per heavy atom. The highest BCUT2D eigenvalue weighted by Gasteiger charge is 2.04. The molecule has 78 valence electrons. The second-order valence-corrected chi connectivity index (χ2v) is 3.25. The van der Waals surface area contributed by atoms with E-state index in [9.17, 15) is 9.59 Å². The molecule has 0 spiro atoms. The molecule has 0 atom stereocenters. The third-order valence-electron chi connectivity index (χ3n) is 2.18. The Bertz CT molecular complexity index is 431. The molecule has 5 nitrogen and oxygen atoms in total. The minimum atomic E-state index is -0.344. The third kappa shape index (κ3) is 1.86. The van der Waals surface area contributed by atoms with Crippen LogP contribution < -0.4 is 17.0 Å². The molecule has 0 aromatic carbocycles. The molecular formula is C9H15N3O2. The number of nitrogens with two attached hydrogens (primary N) is 1. The zero-order valence-corrected chi connectivity index (χ0v) is 8.49. The number of rotatable bonds is 3. The van der Waals surface area contributed by atoms with Gasteiger partial charge in [-0.05, 0) is 6.42 Å². The van der Waals surface area contributed by atoms with Gasteiger partial charge < -0.3 is 5.73 Å². The number of unbranched alkanes of at least 4 members (excludes halogenated alkanes) is 1. The SMILES string of the molecule is CCCCn1c(=O)cc(N)n(C)c1=O. The Morgan fingerprint density at radius 1 is 1.43 bits per heavy atom. The first-order valence-electron chi connectivity index (χ1n) is 4.64. The predicted octanol–water partition coefficient (Wildman–Crippen LogP) is -0.0707. The summed E-state index contributed by atoms with van der Waals surface area (Å²) in [5.41, 5.74) is 4.80. The molecule has 0 aliphatic heterocycles. The van der Waals surface area contributed by atoms with Crippen LogP contribution in [0.2, 0.25) is 0 Å². The van der Waals surface area contributed by atoms with Gasteiger partial charge in [-0.1, -0.05) is 13.3 Å². The molecule has 1 rings (SSSR count). The van der Waals surface area contributed by atoms with Crippen LogP contribution >= 0.6 is 0 Å². The van der Waals surface area contributed by atoms with Crippen molar-refractivity contribution in [2.75, 3.05) is 5.73 Å². The van der Waals surface area contributed by atoms with E-state index >= 15 is 0 Å². The maximum atomic E-state index is 11.6. The number of anilines is 1. The van der Waals surface area contributed by atoms with Crippen molar-refractivity contribution >= 4 is 5.82 Å². The number of nitrogen functional groups attached to an aromatic ring is 1. The maximum Gasteiger partial charge on any atom is 0.332 e. The second kappa shape index (κ2) is 4.13. The van der Waals surface area contributed by atoms with Crippen molar-refractivity contribution in [2.24, 2.45) is 7.05 Å². The number of nitrogens with zero attached hydrogens (tertiary/aromatic N) is 2. The summed E-state index contributed by atoms with van der Waals surface area (Å²) < 4.78 is 2.48. The molecule has 1 aromatic heterocycles. The smallest absolute Gasteiger partial charge is 0.332 e. The molecule has 0 radical (unpaired) electrons. The number of hydrogen-bond donors (Lipinski definition) is 1. The van der Waals surface area contributed by atoms with Crippen LogP contribution in [0.15, 0.2) is 15.7 Å². The predicted molar refractivity (Wildman–Crippen MR) is 55.3 cm³/mol. The topological polar surface area (TPSA) is 70.0 Å². The standard InChI is InChI=1S/C9H15N3O2/c1-3-4-5-12-8(13)6-7(10)11(2)9(12)14/h6H,3-5,10H2,1-2H3. The first kappa shape index (κ1) is 10.6. The minimum Gasteiger partial charge on any atom is -0.385 e. The molecule has 0 unspecified atom stereocenters. The summed E-state index contributed by atoms with van der Waals surface area (Å²) in [5, 5.41) is 0. The van der Waals surface area contributed by atoms with E-state index in [4.69, 9.17) is 5.73 Å². The van der Waals surface area contributed by atoms with Crippen molar-refractivity contribution in [3.8, 4) is 0 Å². The van der Waals surface area contributed by atoms with Gasteiger partial charge in [0.15, 0.2) is 0 Å². The molecule has 2 N–H and O–H groups in total. The monoisotopic (exact) mass is 197 g/mol. The van der Waals surface area contributed by atoms with Gasteiger partial charge in [-0.2, -0.15) is 0 Å². The zero-order chi connectivity index (χ0) is 10.7. The second-order valence-electron chi connectivity index (χ2n) is 3.25. The summed E-state index contributed by atoms with van der Waals surface area (Å²) in [4.78, 5) is 23.0. The van der Waals surface area contributed by atoms with Crippen molar-refractivity contribution in [1.82, 2.24) is 9.13 Å². The molecule has 0 aliphatic rings. The summed E-state index contributed by atoms with van der Waals surface area (Å²) in [6.07, 6.45) is 1.76. The summed E-state index contributed by atoms with van der Waals surface area (Å²) in [6, 6.07) is 1.27. The number of aromatic nitrogens is 2. The normalized spacial score (nSPS) is 10.4. The summed E-state index contributed by atoms with van der Waals surface area (Å²) >= 11 is 0. The van der Waals surface area contributed by atoms with Gasteiger partial charge in [-0.3, -0.25) is 13.9 Å². The van der Waals surface area contributed by atoms with Crippen LogP contribution in [0.5, 0.6) is 0 Å². The van der Waals surface area contributed by atoms with Gasteiger partial charge in [-0.15, -0.1) is 0 Å². The molecule has 0 aliphatic carbocycles. The minimum absolute atomic E-state index is 0.202. The van der Waals surface area contributed by atoms with Crippen LogP contribution in [0.25, 0.3) is 0 Å². The van der Waals surface area contributed by atoms with Gasteiger partial charge in [0.25, 0.3) is 5.56 Å². The van der Waals surface area contributed by atoms with Crippen molar-refractivity contribution in [2.45, 2.75) is 26.3 Å². The van der Waals surface area contributed by atoms with Crippen LogP contribution in [0, 0.1) is 0 Å². The van der Waals surface area contributed by atoms with Crippen molar-refractivity contribution < 1.29 is 0 Å². The number of hydrogen-bond acceptors (Lipinski definition) is 3. The Morgan fingerprint density at radius 2 is 2.07 bits per heavy atom. The molecule has 0 bridgehead atoms. The van der Waals surface area contributed by atoms with Crippen molar-refractivity contribution in [3.63, 3.8) is 0 Å². The highest BCUT2D eigenvalue weighted by Crippen LogP contribution is 1.92. The summed E-state index contributed by atoms with van der Waals surface area (Å²) in [6.45, 7) is 2.47. The highest BCUT2D eigenvalue weighted by molar-refractivity contribution is 5.25. The Labute approximate surface area is 81.8 Å². The summed E-state index contributed by atoms with van der Waals surface area (Å²) in [7, 11) is 1.56. The lowest BCUT2D eigenvalue weighted by atomic mass is 10.3. The lowest BCUT2D eigenvalue weighted by molar-refractivity contribution is 0.560. The van der Waals surface area contributed by atoms with Gasteiger partial charge in [0.2, 0.25) is 0 Å². The van der Waals surface area contributed by atoms with Crippen LogP contribution in [0.4, 0.5) is 5.82 Å². The molecule has 5 heteroatoms. The van der Waals surface area contributed by atoms with E-state index in [1.165, 1.54) is 15.2 Å². The molecule has 1 aromatic rings. The lowest BCUT2D eigenvalue weighted by Crippen LogP contribution is -2.39. The van der Waals surface area contributed by atoms with Gasteiger partial charge in [-0.25, -0.2) is 4.79 Å². The fourth-order valence-corrected chi connectivity index (χ4v) is 1.21. The van der Waals surface area contributed by atoms with Crippen molar-refractivity contribution in [3.05, 3.63) is 26.9 Å². The van der Waals surface area contributed by atoms with E-state index in [2.05, 4.69) is 0 Å². The van der Waals surface area contributed by atoms with Crippen LogP contribution in [0.1, 0.15) is 19.8 Å². The largest absolute Gasteiger partial charge is 0.385 e. The van der Waals surface area contributed by atoms with Gasteiger partial charge in [0.05, 0.1) is 0 Å². The fraction of sp³-hybridized carbons (Fsp3) is 0.556. The van der Waals surface area contributed by atoms with E-state index in [-0.39, 0.29) is 17.1 Å². The van der Waals surface area contributed by atoms with Crippen molar-refractivity contribution in [1.29, 1.82) is 0 Å². The van der Waals surface area contributed by atoms with E-state index in [1.807, 2.05) is 6.92 Å². The van der Waals surface area contributed by atoms with Crippen LogP contribution in [-0.2, 0) is 13.6 Å². The van der Waals surface area contributed by atoms with E-state index < -0.39 is 0 Å². The lowest BCUT2D eigenvalue weighted by Gasteiger charge is -2.07. The molecular weight excluding hydrogens is 182 g/mol. The zero-order valence-electron chi connectivity index (χ0n) is 8.49. The molecule has 0 fully saturated rings. The average molecular weight is 197 g/mol. The summed E-state index contributed by atoms with van der Waals surface area (Å²) in [5.74, 6) is 0.202. The van der Waals surface area contributed by atoms with Crippen LogP contribution in [0.3, 0.4) is 0 Å². The Hall–Kier alpha value is -1.52. The molecule has 0 amide bonds.